The standard InChI is InChI=1S/C19H19N5O2S2/c1-12-5-2-3-6-13(12)16-18(26)20-8-9-23(16)15(25)11-24-17(21-22-19(24)27)14-7-4-10-28-14/h2-7,10,16H,8-9,11H2,1H3,(H,20,26)(H,22,27)/t16-/m0/s1. The van der Waals surface area contributed by atoms with Crippen LogP contribution in [-0.4, -0.2) is 44.6 Å². The third-order valence-corrected chi connectivity index (χ3v) is 5.99. The van der Waals surface area contributed by atoms with Gasteiger partial charge in [-0.3, -0.25) is 19.3 Å². The molecule has 1 fully saturated rings. The molecule has 144 valence electrons. The van der Waals surface area contributed by atoms with E-state index in [1.807, 2.05) is 48.7 Å². The molecule has 1 aliphatic heterocycles. The van der Waals surface area contributed by atoms with Gasteiger partial charge in [-0.25, -0.2) is 0 Å². The topological polar surface area (TPSA) is 83.0 Å². The largest absolute Gasteiger partial charge is 0.352 e. The number of aromatic amines is 1. The second-order valence-electron chi connectivity index (χ2n) is 6.55. The molecule has 1 aliphatic rings. The number of aromatic nitrogens is 3. The van der Waals surface area contributed by atoms with E-state index in [0.717, 1.165) is 16.0 Å². The molecule has 3 aromatic rings. The van der Waals surface area contributed by atoms with E-state index < -0.39 is 6.04 Å². The Labute approximate surface area is 171 Å². The number of nitrogens with zero attached hydrogens (tertiary/aromatic N) is 3. The molecule has 1 saturated heterocycles. The maximum Gasteiger partial charge on any atom is 0.247 e. The summed E-state index contributed by atoms with van der Waals surface area (Å²) < 4.78 is 2.07. The average molecular weight is 414 g/mol. The van der Waals surface area contributed by atoms with E-state index in [-0.39, 0.29) is 18.4 Å². The number of carbonyl (C=O) groups is 2. The number of nitrogens with one attached hydrogen (secondary N) is 2. The zero-order valence-corrected chi connectivity index (χ0v) is 16.8. The van der Waals surface area contributed by atoms with E-state index in [2.05, 4.69) is 15.5 Å². The summed E-state index contributed by atoms with van der Waals surface area (Å²) in [5, 5.41) is 11.9. The summed E-state index contributed by atoms with van der Waals surface area (Å²) in [6.45, 7) is 2.85. The summed E-state index contributed by atoms with van der Waals surface area (Å²) >= 11 is 6.86. The van der Waals surface area contributed by atoms with Gasteiger partial charge in [0.15, 0.2) is 10.6 Å². The van der Waals surface area contributed by atoms with Gasteiger partial charge in [0, 0.05) is 13.1 Å². The van der Waals surface area contributed by atoms with Crippen molar-refractivity contribution in [1.82, 2.24) is 25.0 Å². The van der Waals surface area contributed by atoms with Crippen molar-refractivity contribution < 1.29 is 9.59 Å². The van der Waals surface area contributed by atoms with Crippen LogP contribution < -0.4 is 5.32 Å². The lowest BCUT2D eigenvalue weighted by Gasteiger charge is -2.36. The van der Waals surface area contributed by atoms with Gasteiger partial charge >= 0.3 is 0 Å². The molecule has 0 radical (unpaired) electrons. The Bertz CT molecular complexity index is 1070. The first kappa shape index (κ1) is 18.6. The third-order valence-electron chi connectivity index (χ3n) is 4.81. The third kappa shape index (κ3) is 3.38. The number of thiophene rings is 1. The highest BCUT2D eigenvalue weighted by Crippen LogP contribution is 2.27. The van der Waals surface area contributed by atoms with Crippen LogP contribution in [0.1, 0.15) is 17.2 Å². The Morgan fingerprint density at radius 1 is 1.32 bits per heavy atom. The lowest BCUT2D eigenvalue weighted by Crippen LogP contribution is -2.53. The fourth-order valence-electron chi connectivity index (χ4n) is 3.42. The molecule has 2 amide bonds. The molecule has 7 nitrogen and oxygen atoms in total. The second-order valence-corrected chi connectivity index (χ2v) is 7.89. The monoisotopic (exact) mass is 413 g/mol. The molecule has 1 aromatic carbocycles. The lowest BCUT2D eigenvalue weighted by molar-refractivity contribution is -0.144. The molecule has 0 saturated carbocycles. The van der Waals surface area contributed by atoms with Gasteiger partial charge in [-0.1, -0.05) is 30.3 Å². The molecule has 2 aromatic heterocycles. The van der Waals surface area contributed by atoms with Crippen molar-refractivity contribution in [2.45, 2.75) is 19.5 Å². The molecule has 0 bridgehead atoms. The molecule has 2 N–H and O–H groups in total. The van der Waals surface area contributed by atoms with E-state index in [0.29, 0.717) is 23.7 Å². The van der Waals surface area contributed by atoms with E-state index in [4.69, 9.17) is 12.2 Å². The number of amides is 2. The van der Waals surface area contributed by atoms with Crippen LogP contribution in [0.4, 0.5) is 0 Å². The maximum absolute atomic E-state index is 13.2. The van der Waals surface area contributed by atoms with E-state index in [1.165, 1.54) is 11.3 Å². The quantitative estimate of drug-likeness (QED) is 0.644. The van der Waals surface area contributed by atoms with Gasteiger partial charge in [0.2, 0.25) is 11.8 Å². The molecule has 9 heteroatoms. The predicted octanol–water partition coefficient (Wildman–Crippen LogP) is 2.68. The van der Waals surface area contributed by atoms with Gasteiger partial charge in [0.25, 0.3) is 0 Å². The van der Waals surface area contributed by atoms with Crippen LogP contribution in [0.2, 0.25) is 0 Å². The van der Waals surface area contributed by atoms with Crippen LogP contribution in [0, 0.1) is 11.7 Å². The molecule has 3 heterocycles. The molecule has 0 spiro atoms. The fraction of sp³-hybridized carbons (Fsp3) is 0.263. The summed E-state index contributed by atoms with van der Waals surface area (Å²) in [4.78, 5) is 28.4. The summed E-state index contributed by atoms with van der Waals surface area (Å²) in [7, 11) is 0. The molecule has 1 atom stereocenters. The SMILES string of the molecule is Cc1ccccc1[C@H]1C(=O)NCCN1C(=O)Cn1c(-c2cccs2)n[nH]c1=S. The van der Waals surface area contributed by atoms with Gasteiger partial charge in [0.1, 0.15) is 12.6 Å². The van der Waals surface area contributed by atoms with Gasteiger partial charge in [-0.2, -0.15) is 5.10 Å². The van der Waals surface area contributed by atoms with Gasteiger partial charge in [-0.15, -0.1) is 11.3 Å². The van der Waals surface area contributed by atoms with Crippen LogP contribution >= 0.6 is 23.6 Å². The zero-order valence-electron chi connectivity index (χ0n) is 15.2. The minimum Gasteiger partial charge on any atom is -0.352 e. The predicted molar refractivity (Wildman–Crippen MR) is 109 cm³/mol. The minimum atomic E-state index is -0.645. The molecular formula is C19H19N5O2S2. The van der Waals surface area contributed by atoms with Crippen LogP contribution in [0.15, 0.2) is 41.8 Å². The Balaban J connectivity index is 1.66. The number of aryl methyl sites for hydroxylation is 1. The van der Waals surface area contributed by atoms with Crippen LogP contribution in [0.25, 0.3) is 10.7 Å². The van der Waals surface area contributed by atoms with Crippen molar-refractivity contribution in [2.75, 3.05) is 13.1 Å². The highest BCUT2D eigenvalue weighted by molar-refractivity contribution is 7.71. The van der Waals surface area contributed by atoms with Crippen molar-refractivity contribution in [3.05, 3.63) is 57.7 Å². The van der Waals surface area contributed by atoms with Crippen LogP contribution in [0.5, 0.6) is 0 Å². The van der Waals surface area contributed by atoms with E-state index in [1.54, 1.807) is 9.47 Å². The van der Waals surface area contributed by atoms with Crippen molar-refractivity contribution in [3.8, 4) is 10.7 Å². The number of benzene rings is 1. The first-order chi connectivity index (χ1) is 13.6. The number of hydrogen-bond donors (Lipinski definition) is 2. The zero-order chi connectivity index (χ0) is 19.7. The Morgan fingerprint density at radius 2 is 2.14 bits per heavy atom. The average Bonchev–Trinajstić information content (AvgIpc) is 3.33. The lowest BCUT2D eigenvalue weighted by atomic mass is 9.97. The highest BCUT2D eigenvalue weighted by atomic mass is 32.1. The summed E-state index contributed by atoms with van der Waals surface area (Å²) in [6, 6.07) is 10.9. The van der Waals surface area contributed by atoms with Crippen LogP contribution in [-0.2, 0) is 16.1 Å². The smallest absolute Gasteiger partial charge is 0.247 e. The summed E-state index contributed by atoms with van der Waals surface area (Å²) in [5.74, 6) is 0.295. The van der Waals surface area contributed by atoms with Gasteiger partial charge in [0.05, 0.1) is 4.88 Å². The number of hydrogen-bond acceptors (Lipinski definition) is 5. The second kappa shape index (κ2) is 7.69. The van der Waals surface area contributed by atoms with Crippen LogP contribution in [0.3, 0.4) is 0 Å². The van der Waals surface area contributed by atoms with Crippen molar-refractivity contribution in [3.63, 3.8) is 0 Å². The molecule has 0 aliphatic carbocycles. The first-order valence-electron chi connectivity index (χ1n) is 8.88. The number of rotatable bonds is 4. The molecule has 4 rings (SSSR count). The molecular weight excluding hydrogens is 394 g/mol. The Hall–Kier alpha value is -2.78. The minimum absolute atomic E-state index is 0.0260. The fourth-order valence-corrected chi connectivity index (χ4v) is 4.34. The van der Waals surface area contributed by atoms with E-state index >= 15 is 0 Å². The van der Waals surface area contributed by atoms with Crippen molar-refractivity contribution >= 4 is 35.4 Å². The van der Waals surface area contributed by atoms with E-state index in [9.17, 15) is 9.59 Å². The summed E-state index contributed by atoms with van der Waals surface area (Å²) in [5.41, 5.74) is 1.81. The molecule has 0 unspecified atom stereocenters. The Kier molecular flexibility index (Phi) is 5.10. The highest BCUT2D eigenvalue weighted by Gasteiger charge is 2.35. The maximum atomic E-state index is 13.2. The number of H-pyrrole nitrogens is 1. The van der Waals surface area contributed by atoms with Gasteiger partial charge < -0.3 is 10.2 Å². The first-order valence-corrected chi connectivity index (χ1v) is 10.2. The normalized spacial score (nSPS) is 16.8. The Morgan fingerprint density at radius 3 is 2.89 bits per heavy atom. The molecule has 28 heavy (non-hydrogen) atoms. The van der Waals surface area contributed by atoms with Crippen molar-refractivity contribution in [1.29, 1.82) is 0 Å². The summed E-state index contributed by atoms with van der Waals surface area (Å²) in [6.07, 6.45) is 0. The van der Waals surface area contributed by atoms with Gasteiger partial charge in [-0.05, 0) is 41.7 Å². The number of piperazine rings is 1. The number of carbonyl (C=O) groups excluding carboxylic acids is 2. The van der Waals surface area contributed by atoms with Crippen molar-refractivity contribution in [2.24, 2.45) is 0 Å².